The van der Waals surface area contributed by atoms with Crippen LogP contribution in [0.5, 0.6) is 0 Å². The van der Waals surface area contributed by atoms with Gasteiger partial charge in [-0.05, 0) is 131 Å². The SMILES string of the molecule is CCOC(C)OC(O)CCC(C)C1CCC2C3CCC4CC(O)CC[C@@]4(C)C3CCC12C. The quantitative estimate of drug-likeness (QED) is 0.436. The highest BCUT2D eigenvalue weighted by Gasteiger charge is 2.60. The van der Waals surface area contributed by atoms with Crippen molar-refractivity contribution >= 4 is 0 Å². The van der Waals surface area contributed by atoms with Crippen molar-refractivity contribution in [1.82, 2.24) is 0 Å². The third-order valence-corrected chi connectivity index (χ3v) is 11.0. The summed E-state index contributed by atoms with van der Waals surface area (Å²) in [6, 6.07) is 0. The number of ether oxygens (including phenoxy) is 2. The van der Waals surface area contributed by atoms with Gasteiger partial charge in [0.1, 0.15) is 0 Å². The van der Waals surface area contributed by atoms with Gasteiger partial charge in [-0.1, -0.05) is 20.8 Å². The second-order valence-electron chi connectivity index (χ2n) is 12.5. The molecular weight excluding hydrogens is 400 g/mol. The first-order chi connectivity index (χ1) is 15.2. The molecule has 0 radical (unpaired) electrons. The summed E-state index contributed by atoms with van der Waals surface area (Å²) < 4.78 is 11.0. The maximum absolute atomic E-state index is 10.3. The molecule has 4 saturated carbocycles. The molecule has 0 saturated heterocycles. The highest BCUT2D eigenvalue weighted by atomic mass is 16.7. The van der Waals surface area contributed by atoms with E-state index in [4.69, 9.17) is 9.47 Å². The lowest BCUT2D eigenvalue weighted by Crippen LogP contribution is -2.54. The largest absolute Gasteiger partial charge is 0.393 e. The highest BCUT2D eigenvalue weighted by Crippen LogP contribution is 2.68. The van der Waals surface area contributed by atoms with Gasteiger partial charge >= 0.3 is 0 Å². The number of hydrogen-bond acceptors (Lipinski definition) is 4. The molecule has 0 aromatic rings. The Hall–Kier alpha value is -0.160. The van der Waals surface area contributed by atoms with Crippen LogP contribution in [0.3, 0.4) is 0 Å². The van der Waals surface area contributed by atoms with E-state index in [1.54, 1.807) is 0 Å². The summed E-state index contributed by atoms with van der Waals surface area (Å²) in [6.07, 6.45) is 12.2. The van der Waals surface area contributed by atoms with Gasteiger partial charge in [-0.3, -0.25) is 0 Å². The van der Waals surface area contributed by atoms with Gasteiger partial charge in [-0.25, -0.2) is 0 Å². The molecule has 0 amide bonds. The van der Waals surface area contributed by atoms with E-state index in [0.29, 0.717) is 29.8 Å². The highest BCUT2D eigenvalue weighted by molar-refractivity contribution is 5.09. The van der Waals surface area contributed by atoms with E-state index in [0.717, 1.165) is 48.9 Å². The number of fused-ring (bicyclic) bond motifs is 5. The topological polar surface area (TPSA) is 58.9 Å². The van der Waals surface area contributed by atoms with Gasteiger partial charge in [0, 0.05) is 6.61 Å². The number of rotatable bonds is 8. The smallest absolute Gasteiger partial charge is 0.157 e. The first-order valence-electron chi connectivity index (χ1n) is 13.8. The van der Waals surface area contributed by atoms with Gasteiger partial charge in [0.15, 0.2) is 12.6 Å². The van der Waals surface area contributed by atoms with Gasteiger partial charge in [-0.2, -0.15) is 0 Å². The summed E-state index contributed by atoms with van der Waals surface area (Å²) >= 11 is 0. The normalized spacial score (nSPS) is 46.6. The first kappa shape index (κ1) is 24.9. The summed E-state index contributed by atoms with van der Waals surface area (Å²) in [7, 11) is 0. The van der Waals surface area contributed by atoms with Crippen LogP contribution in [-0.4, -0.2) is 35.5 Å². The predicted molar refractivity (Wildman–Crippen MR) is 128 cm³/mol. The molecule has 10 unspecified atom stereocenters. The molecule has 4 aliphatic rings. The minimum Gasteiger partial charge on any atom is -0.393 e. The van der Waals surface area contributed by atoms with Crippen LogP contribution >= 0.6 is 0 Å². The van der Waals surface area contributed by atoms with Crippen molar-refractivity contribution < 1.29 is 19.7 Å². The molecule has 32 heavy (non-hydrogen) atoms. The van der Waals surface area contributed by atoms with E-state index in [-0.39, 0.29) is 12.4 Å². The molecule has 4 nitrogen and oxygen atoms in total. The fourth-order valence-corrected chi connectivity index (χ4v) is 9.38. The van der Waals surface area contributed by atoms with Crippen LogP contribution in [0.1, 0.15) is 105 Å². The molecule has 0 aliphatic heterocycles. The number of aliphatic hydroxyl groups excluding tert-OH is 2. The Morgan fingerprint density at radius 2 is 1.62 bits per heavy atom. The lowest BCUT2D eigenvalue weighted by atomic mass is 9.44. The molecule has 0 aromatic carbocycles. The third kappa shape index (κ3) is 4.55. The van der Waals surface area contributed by atoms with E-state index in [1.807, 2.05) is 13.8 Å². The monoisotopic (exact) mass is 450 g/mol. The minimum absolute atomic E-state index is 0.0500. The van der Waals surface area contributed by atoms with Gasteiger partial charge in [0.05, 0.1) is 6.10 Å². The second kappa shape index (κ2) is 9.84. The molecule has 186 valence electrons. The molecule has 4 fully saturated rings. The van der Waals surface area contributed by atoms with Crippen LogP contribution in [0.2, 0.25) is 0 Å². The molecule has 0 spiro atoms. The molecule has 0 bridgehead atoms. The zero-order valence-electron chi connectivity index (χ0n) is 21.4. The maximum Gasteiger partial charge on any atom is 0.157 e. The average Bonchev–Trinajstić information content (AvgIpc) is 3.10. The Labute approximate surface area is 196 Å². The lowest BCUT2D eigenvalue weighted by molar-refractivity contribution is -0.221. The number of aliphatic hydroxyl groups is 2. The summed E-state index contributed by atoms with van der Waals surface area (Å²) in [6.45, 7) is 12.0. The Morgan fingerprint density at radius 3 is 2.38 bits per heavy atom. The van der Waals surface area contributed by atoms with Crippen molar-refractivity contribution in [2.45, 2.75) is 124 Å². The van der Waals surface area contributed by atoms with Crippen LogP contribution in [0, 0.1) is 46.3 Å². The Morgan fingerprint density at radius 1 is 0.906 bits per heavy atom. The minimum atomic E-state index is -0.725. The Bertz CT molecular complexity index is 625. The van der Waals surface area contributed by atoms with Gasteiger partial charge in [-0.15, -0.1) is 0 Å². The molecule has 4 aliphatic carbocycles. The van der Waals surface area contributed by atoms with Gasteiger partial charge in [0.25, 0.3) is 0 Å². The van der Waals surface area contributed by atoms with Gasteiger partial charge in [0.2, 0.25) is 0 Å². The second-order valence-corrected chi connectivity index (χ2v) is 12.5. The Kier molecular flexibility index (Phi) is 7.67. The Balaban J connectivity index is 1.37. The van der Waals surface area contributed by atoms with Crippen molar-refractivity contribution in [3.8, 4) is 0 Å². The zero-order chi connectivity index (χ0) is 23.1. The average molecular weight is 451 g/mol. The summed E-state index contributed by atoms with van der Waals surface area (Å²) in [5.74, 6) is 4.77. The van der Waals surface area contributed by atoms with Crippen LogP contribution < -0.4 is 0 Å². The van der Waals surface area contributed by atoms with E-state index in [1.165, 1.54) is 44.9 Å². The number of hydrogen-bond donors (Lipinski definition) is 2. The fraction of sp³-hybridized carbons (Fsp3) is 1.00. The zero-order valence-corrected chi connectivity index (χ0v) is 21.4. The van der Waals surface area contributed by atoms with Gasteiger partial charge < -0.3 is 19.7 Å². The van der Waals surface area contributed by atoms with Crippen LogP contribution in [0.15, 0.2) is 0 Å². The molecule has 4 heteroatoms. The fourth-order valence-electron chi connectivity index (χ4n) is 9.38. The maximum atomic E-state index is 10.3. The molecule has 2 N–H and O–H groups in total. The molecule has 0 aromatic heterocycles. The van der Waals surface area contributed by atoms with Crippen molar-refractivity contribution in [2.75, 3.05) is 6.61 Å². The summed E-state index contributed by atoms with van der Waals surface area (Å²) in [5.41, 5.74) is 0.925. The van der Waals surface area contributed by atoms with Crippen molar-refractivity contribution in [3.05, 3.63) is 0 Å². The van der Waals surface area contributed by atoms with Crippen molar-refractivity contribution in [1.29, 1.82) is 0 Å². The molecule has 4 rings (SSSR count). The molecular formula is C28H50O4. The van der Waals surface area contributed by atoms with E-state index < -0.39 is 6.29 Å². The predicted octanol–water partition coefficient (Wildman–Crippen LogP) is 6.14. The van der Waals surface area contributed by atoms with E-state index in [2.05, 4.69) is 20.8 Å². The van der Waals surface area contributed by atoms with Crippen molar-refractivity contribution in [3.63, 3.8) is 0 Å². The molecule has 11 atom stereocenters. The standard InChI is InChI=1S/C28H50O4/c1-6-31-19(3)32-26(30)12-7-18(2)23-10-11-24-22-9-8-20-17-21(29)13-15-27(20,4)25(22)14-16-28(23,24)5/h18-26,29-30H,6-17H2,1-5H3/t18?,19?,20?,21?,22?,23?,24?,25?,26?,27-,28?/m1/s1. The van der Waals surface area contributed by atoms with E-state index >= 15 is 0 Å². The van der Waals surface area contributed by atoms with Crippen molar-refractivity contribution in [2.24, 2.45) is 46.3 Å². The summed E-state index contributed by atoms with van der Waals surface area (Å²) in [5, 5.41) is 20.6. The molecule has 0 heterocycles. The van der Waals surface area contributed by atoms with Crippen LogP contribution in [0.25, 0.3) is 0 Å². The lowest BCUT2D eigenvalue weighted by Gasteiger charge is -2.61. The van der Waals surface area contributed by atoms with Crippen LogP contribution in [0.4, 0.5) is 0 Å². The van der Waals surface area contributed by atoms with Crippen LogP contribution in [-0.2, 0) is 9.47 Å². The first-order valence-corrected chi connectivity index (χ1v) is 13.8. The van der Waals surface area contributed by atoms with E-state index in [9.17, 15) is 10.2 Å². The third-order valence-electron chi connectivity index (χ3n) is 11.0. The summed E-state index contributed by atoms with van der Waals surface area (Å²) in [4.78, 5) is 0.